The van der Waals surface area contributed by atoms with Gasteiger partial charge < -0.3 is 14.4 Å². The van der Waals surface area contributed by atoms with Crippen LogP contribution in [0.4, 0.5) is 0 Å². The Morgan fingerprint density at radius 1 is 1.24 bits per heavy atom. The third-order valence-corrected chi connectivity index (χ3v) is 4.55. The summed E-state index contributed by atoms with van der Waals surface area (Å²) in [4.78, 5) is 12.5. The van der Waals surface area contributed by atoms with Crippen molar-refractivity contribution in [1.29, 1.82) is 0 Å². The highest BCUT2D eigenvalue weighted by Gasteiger charge is 2.24. The van der Waals surface area contributed by atoms with E-state index in [0.717, 1.165) is 30.1 Å². The molecule has 1 aliphatic heterocycles. The fourth-order valence-electron chi connectivity index (χ4n) is 3.08. The molecule has 3 aromatic rings. The normalized spacial score (nSPS) is 16.5. The average molecular weight is 337 g/mol. The number of benzene rings is 1. The smallest absolute Gasteiger partial charge is 0.290 e. The van der Waals surface area contributed by atoms with Gasteiger partial charge in [-0.1, -0.05) is 35.0 Å². The van der Waals surface area contributed by atoms with Gasteiger partial charge >= 0.3 is 0 Å². The van der Waals surface area contributed by atoms with Gasteiger partial charge in [0.25, 0.3) is 5.91 Å². The SMILES string of the molecule is Cc1ccc(-c2cc(C(=O)N[C@@H]3CCc4nnc(C)n4C3)on2)cc1. The maximum atomic E-state index is 12.5. The molecular formula is C18H19N5O2. The molecule has 7 nitrogen and oxygen atoms in total. The molecule has 7 heteroatoms. The second-order valence-corrected chi connectivity index (χ2v) is 6.43. The first-order valence-corrected chi connectivity index (χ1v) is 8.33. The molecule has 0 saturated heterocycles. The van der Waals surface area contributed by atoms with Gasteiger partial charge in [-0.15, -0.1) is 10.2 Å². The Balaban J connectivity index is 1.45. The summed E-state index contributed by atoms with van der Waals surface area (Å²) in [6.45, 7) is 4.63. The number of amides is 1. The lowest BCUT2D eigenvalue weighted by Gasteiger charge is -2.24. The first-order valence-electron chi connectivity index (χ1n) is 8.33. The summed E-state index contributed by atoms with van der Waals surface area (Å²) in [5, 5.41) is 15.3. The Bertz CT molecular complexity index is 910. The van der Waals surface area contributed by atoms with Crippen LogP contribution in [0.1, 0.15) is 34.2 Å². The van der Waals surface area contributed by atoms with Crippen LogP contribution in [0.25, 0.3) is 11.3 Å². The van der Waals surface area contributed by atoms with Crippen LogP contribution in [0.2, 0.25) is 0 Å². The Hall–Kier alpha value is -2.96. The molecule has 3 heterocycles. The van der Waals surface area contributed by atoms with Gasteiger partial charge in [0.05, 0.1) is 0 Å². The maximum absolute atomic E-state index is 12.5. The lowest BCUT2D eigenvalue weighted by Crippen LogP contribution is -2.41. The minimum absolute atomic E-state index is 0.0302. The number of aromatic nitrogens is 4. The van der Waals surface area contributed by atoms with E-state index in [1.54, 1.807) is 6.07 Å². The summed E-state index contributed by atoms with van der Waals surface area (Å²) in [5.41, 5.74) is 2.76. The number of nitrogens with one attached hydrogen (secondary N) is 1. The molecule has 2 aromatic heterocycles. The van der Waals surface area contributed by atoms with E-state index in [1.165, 1.54) is 5.56 Å². The predicted molar refractivity (Wildman–Crippen MR) is 91.0 cm³/mol. The molecule has 1 N–H and O–H groups in total. The predicted octanol–water partition coefficient (Wildman–Crippen LogP) is 2.29. The Morgan fingerprint density at radius 2 is 2.04 bits per heavy atom. The van der Waals surface area contributed by atoms with Crippen molar-refractivity contribution in [3.8, 4) is 11.3 Å². The Morgan fingerprint density at radius 3 is 2.84 bits per heavy atom. The fraction of sp³-hybridized carbons (Fsp3) is 0.333. The molecule has 0 unspecified atom stereocenters. The van der Waals surface area contributed by atoms with Crippen LogP contribution < -0.4 is 5.32 Å². The number of aryl methyl sites for hydroxylation is 3. The van der Waals surface area contributed by atoms with Crippen LogP contribution in [0.5, 0.6) is 0 Å². The van der Waals surface area contributed by atoms with E-state index in [4.69, 9.17) is 4.52 Å². The zero-order chi connectivity index (χ0) is 17.4. The van der Waals surface area contributed by atoms with Crippen molar-refractivity contribution in [2.45, 2.75) is 39.3 Å². The van der Waals surface area contributed by atoms with E-state index < -0.39 is 0 Å². The molecule has 128 valence electrons. The molecule has 0 saturated carbocycles. The van der Waals surface area contributed by atoms with Crippen LogP contribution in [0.3, 0.4) is 0 Å². The van der Waals surface area contributed by atoms with Gasteiger partial charge in [0.15, 0.2) is 0 Å². The zero-order valence-corrected chi connectivity index (χ0v) is 14.2. The number of carbonyl (C=O) groups excluding carboxylic acids is 1. The number of hydrogen-bond donors (Lipinski definition) is 1. The second-order valence-electron chi connectivity index (χ2n) is 6.43. The molecule has 0 bridgehead atoms. The Labute approximate surface area is 145 Å². The minimum atomic E-state index is -0.245. The lowest BCUT2D eigenvalue weighted by molar-refractivity contribution is 0.0890. The van der Waals surface area contributed by atoms with E-state index in [9.17, 15) is 4.79 Å². The van der Waals surface area contributed by atoms with Crippen LogP contribution in [-0.4, -0.2) is 31.9 Å². The van der Waals surface area contributed by atoms with Crippen molar-refractivity contribution in [2.75, 3.05) is 0 Å². The standard InChI is InChI=1S/C18H19N5O2/c1-11-3-5-13(6-4-11)15-9-16(25-22-15)18(24)19-14-7-8-17-21-20-12(2)23(17)10-14/h3-6,9,14H,7-8,10H2,1-2H3,(H,19,24)/t14-/m1/s1. The molecular weight excluding hydrogens is 318 g/mol. The Kier molecular flexibility index (Phi) is 3.83. The third kappa shape index (κ3) is 3.05. The summed E-state index contributed by atoms with van der Waals surface area (Å²) in [6.07, 6.45) is 1.64. The number of hydrogen-bond acceptors (Lipinski definition) is 5. The quantitative estimate of drug-likeness (QED) is 0.792. The van der Waals surface area contributed by atoms with Gasteiger partial charge in [0.1, 0.15) is 17.3 Å². The van der Waals surface area contributed by atoms with E-state index in [-0.39, 0.29) is 17.7 Å². The highest BCUT2D eigenvalue weighted by Crippen LogP contribution is 2.20. The number of fused-ring (bicyclic) bond motifs is 1. The monoisotopic (exact) mass is 337 g/mol. The van der Waals surface area contributed by atoms with Gasteiger partial charge in [-0.2, -0.15) is 0 Å². The molecule has 1 atom stereocenters. The summed E-state index contributed by atoms with van der Waals surface area (Å²) >= 11 is 0. The van der Waals surface area contributed by atoms with Gasteiger partial charge in [-0.25, -0.2) is 0 Å². The van der Waals surface area contributed by atoms with Crippen LogP contribution in [0, 0.1) is 13.8 Å². The molecule has 0 spiro atoms. The van der Waals surface area contributed by atoms with E-state index in [1.807, 2.05) is 42.7 Å². The van der Waals surface area contributed by atoms with E-state index >= 15 is 0 Å². The number of rotatable bonds is 3. The summed E-state index contributed by atoms with van der Waals surface area (Å²) < 4.78 is 7.29. The largest absolute Gasteiger partial charge is 0.350 e. The van der Waals surface area contributed by atoms with Gasteiger partial charge in [0, 0.05) is 30.6 Å². The topological polar surface area (TPSA) is 85.8 Å². The average Bonchev–Trinajstić information content (AvgIpc) is 3.24. The summed E-state index contributed by atoms with van der Waals surface area (Å²) in [7, 11) is 0. The van der Waals surface area contributed by atoms with Crippen molar-refractivity contribution in [3.63, 3.8) is 0 Å². The third-order valence-electron chi connectivity index (χ3n) is 4.55. The molecule has 0 fully saturated rings. The van der Waals surface area contributed by atoms with Crippen LogP contribution in [-0.2, 0) is 13.0 Å². The molecule has 1 aliphatic rings. The first-order chi connectivity index (χ1) is 12.1. The highest BCUT2D eigenvalue weighted by atomic mass is 16.5. The van der Waals surface area contributed by atoms with Gasteiger partial charge in [0.2, 0.25) is 5.76 Å². The molecule has 1 aromatic carbocycles. The summed E-state index contributed by atoms with van der Waals surface area (Å²) in [6, 6.07) is 9.65. The minimum Gasteiger partial charge on any atom is -0.350 e. The molecule has 1 amide bonds. The molecule has 4 rings (SSSR count). The van der Waals surface area contributed by atoms with Crippen molar-refractivity contribution in [1.82, 2.24) is 25.2 Å². The number of nitrogens with zero attached hydrogens (tertiary/aromatic N) is 4. The van der Waals surface area contributed by atoms with Crippen molar-refractivity contribution < 1.29 is 9.32 Å². The van der Waals surface area contributed by atoms with Gasteiger partial charge in [-0.3, -0.25) is 4.79 Å². The lowest BCUT2D eigenvalue weighted by atomic mass is 10.1. The first kappa shape index (κ1) is 15.6. The fourth-order valence-corrected chi connectivity index (χ4v) is 3.08. The van der Waals surface area contributed by atoms with Crippen LogP contribution >= 0.6 is 0 Å². The number of carbonyl (C=O) groups is 1. The van der Waals surface area contributed by atoms with Crippen molar-refractivity contribution in [2.24, 2.45) is 0 Å². The maximum Gasteiger partial charge on any atom is 0.290 e. The zero-order valence-electron chi connectivity index (χ0n) is 14.2. The van der Waals surface area contributed by atoms with Crippen LogP contribution in [0.15, 0.2) is 34.9 Å². The second kappa shape index (κ2) is 6.16. The van der Waals surface area contributed by atoms with Crippen molar-refractivity contribution in [3.05, 3.63) is 53.3 Å². The van der Waals surface area contributed by atoms with E-state index in [0.29, 0.717) is 12.2 Å². The molecule has 25 heavy (non-hydrogen) atoms. The highest BCUT2D eigenvalue weighted by molar-refractivity contribution is 5.92. The summed E-state index contributed by atoms with van der Waals surface area (Å²) in [5.74, 6) is 1.83. The van der Waals surface area contributed by atoms with Crippen molar-refractivity contribution >= 4 is 5.91 Å². The van der Waals surface area contributed by atoms with Gasteiger partial charge in [-0.05, 0) is 20.3 Å². The van der Waals surface area contributed by atoms with E-state index in [2.05, 4.69) is 20.7 Å². The molecule has 0 radical (unpaired) electrons. The molecule has 0 aliphatic carbocycles.